The van der Waals surface area contributed by atoms with Gasteiger partial charge in [0.05, 0.1) is 18.3 Å². The average molecular weight is 288 g/mol. The van der Waals surface area contributed by atoms with Crippen molar-refractivity contribution >= 4 is 45.1 Å². The van der Waals surface area contributed by atoms with Crippen LogP contribution in [0, 0.1) is 0 Å². The van der Waals surface area contributed by atoms with Crippen molar-refractivity contribution in [1.82, 2.24) is 9.80 Å². The molecule has 1 aromatic rings. The van der Waals surface area contributed by atoms with E-state index < -0.39 is 0 Å². The van der Waals surface area contributed by atoms with Crippen molar-refractivity contribution in [2.24, 2.45) is 9.98 Å². The Kier molecular flexibility index (Phi) is 2.43. The summed E-state index contributed by atoms with van der Waals surface area (Å²) in [5.41, 5.74) is 2.29. The number of para-hydroxylation sites is 1. The molecule has 1 unspecified atom stereocenters. The summed E-state index contributed by atoms with van der Waals surface area (Å²) < 4.78 is 0.859. The molecule has 3 aliphatic rings. The van der Waals surface area contributed by atoms with Crippen LogP contribution in [0.3, 0.4) is 0 Å². The van der Waals surface area contributed by atoms with E-state index in [1.807, 2.05) is 6.07 Å². The molecule has 3 aliphatic heterocycles. The number of nitrogens with zero attached hydrogens (tertiary/aromatic N) is 4. The van der Waals surface area contributed by atoms with Crippen LogP contribution in [0.15, 0.2) is 34.3 Å². The highest BCUT2D eigenvalue weighted by Gasteiger charge is 2.40. The van der Waals surface area contributed by atoms with Crippen molar-refractivity contribution in [3.8, 4) is 0 Å². The van der Waals surface area contributed by atoms with E-state index in [9.17, 15) is 0 Å². The molecule has 0 amide bonds. The zero-order valence-corrected chi connectivity index (χ0v) is 12.0. The fourth-order valence-electron chi connectivity index (χ4n) is 2.68. The number of hydrogen-bond donors (Lipinski definition) is 0. The molecule has 96 valence electrons. The van der Waals surface area contributed by atoms with Gasteiger partial charge in [0.1, 0.15) is 0 Å². The predicted molar refractivity (Wildman–Crippen MR) is 83.0 cm³/mol. The van der Waals surface area contributed by atoms with Gasteiger partial charge in [-0.05, 0) is 24.8 Å². The van der Waals surface area contributed by atoms with Gasteiger partial charge in [0, 0.05) is 12.1 Å². The molecular weight excluding hydrogens is 276 g/mol. The molecule has 4 nitrogen and oxygen atoms in total. The van der Waals surface area contributed by atoms with Crippen LogP contribution in [0.25, 0.3) is 0 Å². The summed E-state index contributed by atoms with van der Waals surface area (Å²) in [6.07, 6.45) is 0. The smallest absolute Gasteiger partial charge is 0.209 e. The normalized spacial score (nSPS) is 24.5. The van der Waals surface area contributed by atoms with Crippen LogP contribution in [0.2, 0.25) is 0 Å². The van der Waals surface area contributed by atoms with Gasteiger partial charge in [-0.2, -0.15) is 0 Å². The number of thiocarbonyl (C=S) groups is 1. The number of guanidine groups is 1. The lowest BCUT2D eigenvalue weighted by atomic mass is 10.0. The highest BCUT2D eigenvalue weighted by Crippen LogP contribution is 2.41. The molecule has 0 aromatic heterocycles. The first-order valence-corrected chi connectivity index (χ1v) is 7.49. The number of rotatable bonds is 0. The highest BCUT2D eigenvalue weighted by atomic mass is 32.2. The standard InChI is InChI=1S/C13H12N4S2/c1-8-9-4-2-3-5-10(9)15-12-17(8)11-14-6-7-16(11)13(18)19-12/h2-5,8H,6-7H2,1H3. The van der Waals surface area contributed by atoms with Gasteiger partial charge < -0.3 is 0 Å². The second-order valence-corrected chi connectivity index (χ2v) is 6.30. The van der Waals surface area contributed by atoms with E-state index in [0.717, 1.165) is 34.2 Å². The Morgan fingerprint density at radius 1 is 1.37 bits per heavy atom. The minimum Gasteiger partial charge on any atom is -0.295 e. The molecular formula is C13H12N4S2. The Labute approximate surface area is 121 Å². The molecule has 1 aromatic carbocycles. The van der Waals surface area contributed by atoms with Crippen LogP contribution >= 0.6 is 24.0 Å². The molecule has 0 saturated carbocycles. The van der Waals surface area contributed by atoms with E-state index in [1.165, 1.54) is 5.56 Å². The number of fused-ring (bicyclic) bond motifs is 4. The van der Waals surface area contributed by atoms with Crippen LogP contribution < -0.4 is 0 Å². The largest absolute Gasteiger partial charge is 0.295 e. The fourth-order valence-corrected chi connectivity index (χ4v) is 4.00. The zero-order valence-electron chi connectivity index (χ0n) is 10.4. The summed E-state index contributed by atoms with van der Waals surface area (Å²) in [5.74, 6) is 0.963. The monoisotopic (exact) mass is 288 g/mol. The van der Waals surface area contributed by atoms with E-state index in [0.29, 0.717) is 0 Å². The van der Waals surface area contributed by atoms with Gasteiger partial charge in [-0.3, -0.25) is 14.8 Å². The van der Waals surface area contributed by atoms with Crippen LogP contribution in [-0.2, 0) is 0 Å². The topological polar surface area (TPSA) is 31.2 Å². The van der Waals surface area contributed by atoms with Crippen molar-refractivity contribution in [3.05, 3.63) is 29.8 Å². The lowest BCUT2D eigenvalue weighted by Gasteiger charge is -2.42. The van der Waals surface area contributed by atoms with Gasteiger partial charge in [-0.1, -0.05) is 30.4 Å². The van der Waals surface area contributed by atoms with Crippen LogP contribution in [0.1, 0.15) is 18.5 Å². The molecule has 0 bridgehead atoms. The third-order valence-electron chi connectivity index (χ3n) is 3.63. The van der Waals surface area contributed by atoms with Crippen LogP contribution in [-0.4, -0.2) is 38.3 Å². The second-order valence-electron chi connectivity index (χ2n) is 4.70. The molecule has 4 rings (SSSR count). The molecule has 0 radical (unpaired) electrons. The van der Waals surface area contributed by atoms with Gasteiger partial charge in [0.25, 0.3) is 0 Å². The molecule has 1 saturated heterocycles. The summed E-state index contributed by atoms with van der Waals surface area (Å²) in [5, 5.41) is 0.952. The van der Waals surface area contributed by atoms with Gasteiger partial charge >= 0.3 is 0 Å². The summed E-state index contributed by atoms with van der Waals surface area (Å²) in [7, 11) is 0. The summed E-state index contributed by atoms with van der Waals surface area (Å²) in [6, 6.07) is 8.53. The van der Waals surface area contributed by atoms with Gasteiger partial charge in [-0.15, -0.1) is 0 Å². The minimum atomic E-state index is 0.249. The first kappa shape index (κ1) is 11.4. The molecule has 0 aliphatic carbocycles. The molecule has 19 heavy (non-hydrogen) atoms. The fraction of sp³-hybridized carbons (Fsp3) is 0.308. The molecule has 6 heteroatoms. The third kappa shape index (κ3) is 1.56. The van der Waals surface area contributed by atoms with Crippen molar-refractivity contribution in [2.45, 2.75) is 13.0 Å². The number of thioether (sulfide) groups is 1. The predicted octanol–water partition coefficient (Wildman–Crippen LogP) is 2.75. The van der Waals surface area contributed by atoms with Crippen LogP contribution in [0.4, 0.5) is 5.69 Å². The average Bonchev–Trinajstić information content (AvgIpc) is 2.88. The summed E-state index contributed by atoms with van der Waals surface area (Å²) in [6.45, 7) is 3.90. The van der Waals surface area contributed by atoms with Crippen LogP contribution in [0.5, 0.6) is 0 Å². The van der Waals surface area contributed by atoms with E-state index in [4.69, 9.17) is 17.2 Å². The van der Waals surface area contributed by atoms with E-state index >= 15 is 0 Å². The Morgan fingerprint density at radius 2 is 2.21 bits per heavy atom. The van der Waals surface area contributed by atoms with E-state index in [-0.39, 0.29) is 6.04 Å². The van der Waals surface area contributed by atoms with E-state index in [2.05, 4.69) is 39.9 Å². The molecule has 0 N–H and O–H groups in total. The lowest BCUT2D eigenvalue weighted by Crippen LogP contribution is -2.52. The molecule has 1 atom stereocenters. The molecule has 1 fully saturated rings. The second kappa shape index (κ2) is 4.05. The Balaban J connectivity index is 1.88. The van der Waals surface area contributed by atoms with Gasteiger partial charge in [0.2, 0.25) is 5.96 Å². The summed E-state index contributed by atoms with van der Waals surface area (Å²) >= 11 is 7.02. The maximum absolute atomic E-state index is 5.45. The van der Waals surface area contributed by atoms with Gasteiger partial charge in [0.15, 0.2) is 9.49 Å². The maximum atomic E-state index is 5.45. The number of hydrogen-bond acceptors (Lipinski definition) is 5. The first-order valence-electron chi connectivity index (χ1n) is 6.26. The van der Waals surface area contributed by atoms with Crippen molar-refractivity contribution < 1.29 is 0 Å². The molecule has 3 heterocycles. The van der Waals surface area contributed by atoms with E-state index in [1.54, 1.807) is 11.8 Å². The van der Waals surface area contributed by atoms with Crippen molar-refractivity contribution in [1.29, 1.82) is 0 Å². The van der Waals surface area contributed by atoms with Crippen molar-refractivity contribution in [3.63, 3.8) is 0 Å². The quantitative estimate of drug-likeness (QED) is 0.687. The minimum absolute atomic E-state index is 0.249. The third-order valence-corrected chi connectivity index (χ3v) is 4.96. The molecule has 0 spiro atoms. The Morgan fingerprint density at radius 3 is 3.11 bits per heavy atom. The highest BCUT2D eigenvalue weighted by molar-refractivity contribution is 8.33. The maximum Gasteiger partial charge on any atom is 0.209 e. The first-order chi connectivity index (χ1) is 9.25. The Bertz CT molecular complexity index is 637. The number of amidine groups is 1. The van der Waals surface area contributed by atoms with Gasteiger partial charge in [-0.25, -0.2) is 4.99 Å². The number of aliphatic imine (C=N–C) groups is 2. The van der Waals surface area contributed by atoms with Crippen molar-refractivity contribution in [2.75, 3.05) is 13.1 Å². The zero-order chi connectivity index (χ0) is 13.0. The summed E-state index contributed by atoms with van der Waals surface area (Å²) in [4.78, 5) is 13.7. The lowest BCUT2D eigenvalue weighted by molar-refractivity contribution is 0.442. The Hall–Kier alpha value is -1.40. The SMILES string of the molecule is CC1c2ccccc2N=C2SC(=S)N3CCN=C3N21. The number of benzene rings is 1.